The van der Waals surface area contributed by atoms with Crippen LogP contribution in [0.1, 0.15) is 42.1 Å². The number of unbranched alkanes of at least 4 members (excludes halogenated alkanes) is 2. The monoisotopic (exact) mass is 407 g/mol. The van der Waals surface area contributed by atoms with E-state index in [-0.39, 0.29) is 29.1 Å². The van der Waals surface area contributed by atoms with Crippen molar-refractivity contribution in [1.82, 2.24) is 5.32 Å². The molecule has 3 aromatic rings. The Labute approximate surface area is 174 Å². The van der Waals surface area contributed by atoms with Crippen molar-refractivity contribution in [1.29, 1.82) is 0 Å². The summed E-state index contributed by atoms with van der Waals surface area (Å²) in [5, 5.41) is 3.02. The largest absolute Gasteiger partial charge is 0.455 e. The molecule has 0 aliphatic rings. The smallest absolute Gasteiger partial charge is 0.342 e. The van der Waals surface area contributed by atoms with Crippen LogP contribution in [-0.4, -0.2) is 25.0 Å². The van der Waals surface area contributed by atoms with Crippen molar-refractivity contribution >= 4 is 22.8 Å². The van der Waals surface area contributed by atoms with E-state index in [0.29, 0.717) is 23.3 Å². The van der Waals surface area contributed by atoms with Crippen LogP contribution < -0.4 is 10.7 Å². The molecule has 1 aromatic heterocycles. The summed E-state index contributed by atoms with van der Waals surface area (Å²) in [6, 6.07) is 14.0. The van der Waals surface area contributed by atoms with E-state index in [0.717, 1.165) is 24.8 Å². The van der Waals surface area contributed by atoms with Crippen molar-refractivity contribution in [2.75, 3.05) is 13.2 Å². The van der Waals surface area contributed by atoms with Gasteiger partial charge in [0.2, 0.25) is 0 Å². The maximum atomic E-state index is 12.9. The van der Waals surface area contributed by atoms with Crippen molar-refractivity contribution in [3.8, 4) is 11.3 Å². The maximum Gasteiger partial charge on any atom is 0.342 e. The lowest BCUT2D eigenvalue weighted by Crippen LogP contribution is -2.29. The number of ether oxygens (including phenoxy) is 1. The Balaban J connectivity index is 1.86. The SMILES string of the molecule is CCCCCNC(=O)COC(=O)c1cccc2c(=O)c(C)c(-c3ccccc3)oc12. The topological polar surface area (TPSA) is 85.6 Å². The number of carbonyl (C=O) groups is 2. The van der Waals surface area contributed by atoms with E-state index in [4.69, 9.17) is 9.15 Å². The van der Waals surface area contributed by atoms with Gasteiger partial charge in [-0.2, -0.15) is 0 Å². The van der Waals surface area contributed by atoms with Gasteiger partial charge < -0.3 is 14.5 Å². The first kappa shape index (κ1) is 21.3. The molecule has 0 fully saturated rings. The number of fused-ring (bicyclic) bond motifs is 1. The van der Waals surface area contributed by atoms with Crippen molar-refractivity contribution in [2.45, 2.75) is 33.1 Å². The van der Waals surface area contributed by atoms with Gasteiger partial charge in [0.05, 0.1) is 5.39 Å². The first-order chi connectivity index (χ1) is 14.5. The molecule has 0 aliphatic carbocycles. The highest BCUT2D eigenvalue weighted by atomic mass is 16.5. The average molecular weight is 407 g/mol. The van der Waals surface area contributed by atoms with Gasteiger partial charge in [0.1, 0.15) is 11.3 Å². The number of esters is 1. The molecule has 1 heterocycles. The summed E-state index contributed by atoms with van der Waals surface area (Å²) in [5.41, 5.74) is 1.26. The summed E-state index contributed by atoms with van der Waals surface area (Å²) in [4.78, 5) is 37.4. The summed E-state index contributed by atoms with van der Waals surface area (Å²) >= 11 is 0. The zero-order chi connectivity index (χ0) is 21.5. The number of carbonyl (C=O) groups excluding carboxylic acids is 2. The molecule has 6 nitrogen and oxygen atoms in total. The summed E-state index contributed by atoms with van der Waals surface area (Å²) < 4.78 is 11.2. The third-order valence-corrected chi connectivity index (χ3v) is 4.84. The highest BCUT2D eigenvalue weighted by molar-refractivity contribution is 6.02. The number of nitrogens with one attached hydrogen (secondary N) is 1. The standard InChI is InChI=1S/C24H25NO5/c1-3-4-8-14-25-20(26)15-29-24(28)19-13-9-12-18-21(27)16(2)22(30-23(18)19)17-10-6-5-7-11-17/h5-7,9-13H,3-4,8,14-15H2,1-2H3,(H,25,26). The molecule has 2 aromatic carbocycles. The number of hydrogen-bond donors (Lipinski definition) is 1. The molecule has 0 spiro atoms. The average Bonchev–Trinajstić information content (AvgIpc) is 2.77. The van der Waals surface area contributed by atoms with E-state index in [1.807, 2.05) is 30.3 Å². The van der Waals surface area contributed by atoms with Gasteiger partial charge in [-0.3, -0.25) is 9.59 Å². The number of para-hydroxylation sites is 1. The Kier molecular flexibility index (Phi) is 7.01. The Morgan fingerprint density at radius 1 is 1.03 bits per heavy atom. The number of hydrogen-bond acceptors (Lipinski definition) is 5. The van der Waals surface area contributed by atoms with Gasteiger partial charge in [0.15, 0.2) is 17.6 Å². The minimum atomic E-state index is -0.713. The van der Waals surface area contributed by atoms with Crippen LogP contribution in [0.2, 0.25) is 0 Å². The molecule has 0 radical (unpaired) electrons. The van der Waals surface area contributed by atoms with Crippen molar-refractivity contribution < 1.29 is 18.7 Å². The minimum absolute atomic E-state index is 0.112. The maximum absolute atomic E-state index is 12.9. The molecule has 1 N–H and O–H groups in total. The molecule has 0 aliphatic heterocycles. The first-order valence-corrected chi connectivity index (χ1v) is 10.1. The molecule has 30 heavy (non-hydrogen) atoms. The van der Waals surface area contributed by atoms with E-state index < -0.39 is 5.97 Å². The molecular weight excluding hydrogens is 382 g/mol. The lowest BCUT2D eigenvalue weighted by Gasteiger charge is -2.10. The summed E-state index contributed by atoms with van der Waals surface area (Å²) in [6.45, 7) is 3.94. The third-order valence-electron chi connectivity index (χ3n) is 4.84. The fraction of sp³-hybridized carbons (Fsp3) is 0.292. The Morgan fingerprint density at radius 2 is 1.80 bits per heavy atom. The third kappa shape index (κ3) is 4.76. The Bertz CT molecular complexity index is 1100. The molecule has 0 saturated carbocycles. The summed E-state index contributed by atoms with van der Waals surface area (Å²) in [5.74, 6) is -0.667. The number of amides is 1. The summed E-state index contributed by atoms with van der Waals surface area (Å²) in [7, 11) is 0. The van der Waals surface area contributed by atoms with Crippen LogP contribution >= 0.6 is 0 Å². The van der Waals surface area contributed by atoms with Crippen LogP contribution in [0.4, 0.5) is 0 Å². The second kappa shape index (κ2) is 9.87. The van der Waals surface area contributed by atoms with Crippen LogP contribution in [0.25, 0.3) is 22.3 Å². The van der Waals surface area contributed by atoms with Crippen molar-refractivity contribution in [3.63, 3.8) is 0 Å². The molecular formula is C24H25NO5. The van der Waals surface area contributed by atoms with Gasteiger partial charge in [-0.1, -0.05) is 56.2 Å². The van der Waals surface area contributed by atoms with Crippen LogP contribution in [0.5, 0.6) is 0 Å². The van der Waals surface area contributed by atoms with E-state index in [9.17, 15) is 14.4 Å². The lowest BCUT2D eigenvalue weighted by atomic mass is 10.0. The number of benzene rings is 2. The van der Waals surface area contributed by atoms with Gasteiger partial charge in [0.25, 0.3) is 5.91 Å². The molecule has 156 valence electrons. The molecule has 1 amide bonds. The molecule has 0 atom stereocenters. The van der Waals surface area contributed by atoms with Crippen LogP contribution in [0, 0.1) is 6.92 Å². The zero-order valence-corrected chi connectivity index (χ0v) is 17.2. The van der Waals surface area contributed by atoms with E-state index >= 15 is 0 Å². The Hall–Kier alpha value is -3.41. The van der Waals surface area contributed by atoms with E-state index in [2.05, 4.69) is 12.2 Å². The summed E-state index contributed by atoms with van der Waals surface area (Å²) in [6.07, 6.45) is 2.96. The van der Waals surface area contributed by atoms with Crippen LogP contribution in [-0.2, 0) is 9.53 Å². The molecule has 0 unspecified atom stereocenters. The second-order valence-corrected chi connectivity index (χ2v) is 7.07. The predicted molar refractivity (Wildman–Crippen MR) is 115 cm³/mol. The van der Waals surface area contributed by atoms with E-state index in [1.54, 1.807) is 19.1 Å². The van der Waals surface area contributed by atoms with Gasteiger partial charge in [0, 0.05) is 17.7 Å². The molecule has 3 rings (SSSR count). The fourth-order valence-corrected chi connectivity index (χ4v) is 3.20. The van der Waals surface area contributed by atoms with Crippen molar-refractivity contribution in [3.05, 3.63) is 69.9 Å². The van der Waals surface area contributed by atoms with Crippen LogP contribution in [0.3, 0.4) is 0 Å². The van der Waals surface area contributed by atoms with Crippen molar-refractivity contribution in [2.24, 2.45) is 0 Å². The van der Waals surface area contributed by atoms with Gasteiger partial charge >= 0.3 is 5.97 Å². The highest BCUT2D eigenvalue weighted by Crippen LogP contribution is 2.27. The minimum Gasteiger partial charge on any atom is -0.455 e. The van der Waals surface area contributed by atoms with Crippen LogP contribution in [0.15, 0.2) is 57.7 Å². The molecule has 0 saturated heterocycles. The highest BCUT2D eigenvalue weighted by Gasteiger charge is 2.19. The van der Waals surface area contributed by atoms with Gasteiger partial charge in [-0.15, -0.1) is 0 Å². The predicted octanol–water partition coefficient (Wildman–Crippen LogP) is 4.23. The normalized spacial score (nSPS) is 10.7. The van der Waals surface area contributed by atoms with Gasteiger partial charge in [-0.05, 0) is 25.5 Å². The lowest BCUT2D eigenvalue weighted by molar-refractivity contribution is -0.124. The quantitative estimate of drug-likeness (QED) is 0.446. The first-order valence-electron chi connectivity index (χ1n) is 10.1. The number of rotatable bonds is 8. The molecule has 6 heteroatoms. The molecule has 0 bridgehead atoms. The zero-order valence-electron chi connectivity index (χ0n) is 17.2. The second-order valence-electron chi connectivity index (χ2n) is 7.07. The Morgan fingerprint density at radius 3 is 2.53 bits per heavy atom. The van der Waals surface area contributed by atoms with E-state index in [1.165, 1.54) is 6.07 Å². The van der Waals surface area contributed by atoms with Gasteiger partial charge in [-0.25, -0.2) is 4.79 Å². The fourth-order valence-electron chi connectivity index (χ4n) is 3.20.